The van der Waals surface area contributed by atoms with Crippen molar-refractivity contribution in [2.45, 2.75) is 37.6 Å². The Morgan fingerprint density at radius 1 is 1.40 bits per heavy atom. The van der Waals surface area contributed by atoms with Gasteiger partial charge in [-0.25, -0.2) is 4.39 Å². The normalized spacial score (nSPS) is 25.4. The second-order valence-corrected chi connectivity index (χ2v) is 5.58. The van der Waals surface area contributed by atoms with Gasteiger partial charge in [0.15, 0.2) is 0 Å². The minimum atomic E-state index is -0.549. The first-order chi connectivity index (χ1) is 9.60. The van der Waals surface area contributed by atoms with E-state index in [4.69, 9.17) is 11.0 Å². The highest BCUT2D eigenvalue weighted by atomic mass is 19.1. The van der Waals surface area contributed by atoms with Gasteiger partial charge < -0.3 is 10.6 Å². The van der Waals surface area contributed by atoms with Crippen LogP contribution in [0.5, 0.6) is 0 Å². The lowest BCUT2D eigenvalue weighted by Crippen LogP contribution is -2.39. The van der Waals surface area contributed by atoms with Crippen molar-refractivity contribution < 1.29 is 9.18 Å². The number of nitriles is 1. The summed E-state index contributed by atoms with van der Waals surface area (Å²) in [5.74, 6) is -0.0990. The fourth-order valence-electron chi connectivity index (χ4n) is 3.39. The molecule has 4 nitrogen and oxygen atoms in total. The number of fused-ring (bicyclic) bond motifs is 1. The van der Waals surface area contributed by atoms with Crippen LogP contribution < -0.4 is 5.73 Å². The number of carbonyl (C=O) groups is 1. The lowest BCUT2D eigenvalue weighted by Gasteiger charge is -2.35. The topological polar surface area (TPSA) is 70.1 Å². The molecule has 5 heteroatoms. The predicted octanol–water partition coefficient (Wildman–Crippen LogP) is 2.15. The molecule has 3 rings (SSSR count). The molecule has 0 aromatic heterocycles. The van der Waals surface area contributed by atoms with E-state index in [1.54, 1.807) is 12.1 Å². The summed E-state index contributed by atoms with van der Waals surface area (Å²) in [4.78, 5) is 13.6. The van der Waals surface area contributed by atoms with E-state index in [2.05, 4.69) is 0 Å². The lowest BCUT2D eigenvalue weighted by molar-refractivity contribution is -0.129. The first-order valence-corrected chi connectivity index (χ1v) is 6.88. The van der Waals surface area contributed by atoms with Crippen LogP contribution in [0, 0.1) is 17.1 Å². The molecular formula is C15H16FN3O. The fourth-order valence-corrected chi connectivity index (χ4v) is 3.39. The highest BCUT2D eigenvalue weighted by molar-refractivity contribution is 5.79. The van der Waals surface area contributed by atoms with Gasteiger partial charge in [-0.05, 0) is 42.9 Å². The summed E-state index contributed by atoms with van der Waals surface area (Å²) in [7, 11) is 0. The Balaban J connectivity index is 1.85. The van der Waals surface area contributed by atoms with Gasteiger partial charge in [0.05, 0.1) is 5.69 Å². The summed E-state index contributed by atoms with van der Waals surface area (Å²) in [6.45, 7) is 0.732. The fraction of sp³-hybridized carbons (Fsp3) is 0.467. The van der Waals surface area contributed by atoms with Crippen molar-refractivity contribution in [2.24, 2.45) is 0 Å². The molecule has 2 atom stereocenters. The maximum Gasteiger partial charge on any atom is 0.222 e. The molecule has 2 fully saturated rings. The molecule has 2 aliphatic rings. The number of anilines is 1. The number of nitrogens with zero attached hydrogens (tertiary/aromatic N) is 2. The third-order valence-electron chi connectivity index (χ3n) is 4.45. The number of nitrogens with two attached hydrogens (primary N) is 1. The summed E-state index contributed by atoms with van der Waals surface area (Å²) < 4.78 is 13.8. The van der Waals surface area contributed by atoms with Crippen LogP contribution in [0.2, 0.25) is 0 Å². The van der Waals surface area contributed by atoms with Crippen LogP contribution in [0.25, 0.3) is 0 Å². The molecule has 2 unspecified atom stereocenters. The standard InChI is InChI=1S/C15H16FN3O/c16-13-6-10(7-14(18)12(13)8-17)9-3-4-19-11(5-9)1-2-15(19)20/h6-7,9,11H,1-5,18H2. The average molecular weight is 273 g/mol. The van der Waals surface area contributed by atoms with Crippen LogP contribution in [0.3, 0.4) is 0 Å². The zero-order valence-electron chi connectivity index (χ0n) is 11.1. The Morgan fingerprint density at radius 3 is 2.90 bits per heavy atom. The minimum Gasteiger partial charge on any atom is -0.398 e. The Morgan fingerprint density at radius 2 is 2.20 bits per heavy atom. The van der Waals surface area contributed by atoms with Gasteiger partial charge >= 0.3 is 0 Å². The predicted molar refractivity (Wildman–Crippen MR) is 72.2 cm³/mol. The molecule has 0 spiro atoms. The van der Waals surface area contributed by atoms with E-state index in [1.807, 2.05) is 4.90 Å². The third-order valence-corrected chi connectivity index (χ3v) is 4.45. The number of nitrogen functional groups attached to an aromatic ring is 1. The SMILES string of the molecule is N#Cc1c(N)cc(C2CCN3C(=O)CCC3C2)cc1F. The minimum absolute atomic E-state index is 0.0813. The van der Waals surface area contributed by atoms with Gasteiger partial charge in [-0.3, -0.25) is 4.79 Å². The molecule has 2 aliphatic heterocycles. The van der Waals surface area contributed by atoms with E-state index >= 15 is 0 Å². The highest BCUT2D eigenvalue weighted by Gasteiger charge is 2.36. The Hall–Kier alpha value is -2.09. The number of amides is 1. The summed E-state index contributed by atoms with van der Waals surface area (Å²) >= 11 is 0. The van der Waals surface area contributed by atoms with Crippen molar-refractivity contribution >= 4 is 11.6 Å². The molecular weight excluding hydrogens is 257 g/mol. The van der Waals surface area contributed by atoms with Crippen LogP contribution >= 0.6 is 0 Å². The van der Waals surface area contributed by atoms with Crippen LogP contribution in [0.15, 0.2) is 12.1 Å². The van der Waals surface area contributed by atoms with Crippen molar-refractivity contribution in [3.8, 4) is 6.07 Å². The van der Waals surface area contributed by atoms with E-state index in [9.17, 15) is 9.18 Å². The second kappa shape index (κ2) is 4.78. The maximum absolute atomic E-state index is 13.8. The number of benzene rings is 1. The molecule has 0 radical (unpaired) electrons. The van der Waals surface area contributed by atoms with E-state index in [0.717, 1.165) is 31.4 Å². The first kappa shape index (κ1) is 12.9. The number of hydrogen-bond donors (Lipinski definition) is 1. The molecule has 0 bridgehead atoms. The number of halogens is 1. The summed E-state index contributed by atoms with van der Waals surface area (Å²) in [6.07, 6.45) is 3.20. The number of piperidine rings is 1. The molecule has 1 aromatic rings. The largest absolute Gasteiger partial charge is 0.398 e. The maximum atomic E-state index is 13.8. The molecule has 1 amide bonds. The quantitative estimate of drug-likeness (QED) is 0.797. The monoisotopic (exact) mass is 273 g/mol. The molecule has 104 valence electrons. The molecule has 20 heavy (non-hydrogen) atoms. The first-order valence-electron chi connectivity index (χ1n) is 6.88. The van der Waals surface area contributed by atoms with E-state index < -0.39 is 5.82 Å². The Kier molecular flexibility index (Phi) is 3.09. The molecule has 2 saturated heterocycles. The highest BCUT2D eigenvalue weighted by Crippen LogP contribution is 2.37. The van der Waals surface area contributed by atoms with Crippen molar-refractivity contribution in [1.82, 2.24) is 4.90 Å². The number of hydrogen-bond acceptors (Lipinski definition) is 3. The van der Waals surface area contributed by atoms with E-state index in [1.165, 1.54) is 6.07 Å². The van der Waals surface area contributed by atoms with Gasteiger partial charge in [-0.2, -0.15) is 5.26 Å². The molecule has 1 aromatic carbocycles. The molecule has 0 saturated carbocycles. The molecule has 2 N–H and O–H groups in total. The van der Waals surface area contributed by atoms with E-state index in [0.29, 0.717) is 6.42 Å². The summed E-state index contributed by atoms with van der Waals surface area (Å²) in [6, 6.07) is 5.19. The number of carbonyl (C=O) groups excluding carboxylic acids is 1. The van der Waals surface area contributed by atoms with Gasteiger partial charge in [0.25, 0.3) is 0 Å². The smallest absolute Gasteiger partial charge is 0.222 e. The van der Waals surface area contributed by atoms with Gasteiger partial charge in [0.2, 0.25) is 5.91 Å². The number of rotatable bonds is 1. The Labute approximate surface area is 117 Å². The zero-order valence-corrected chi connectivity index (χ0v) is 11.1. The van der Waals surface area contributed by atoms with Crippen LogP contribution in [0.1, 0.15) is 42.7 Å². The van der Waals surface area contributed by atoms with Crippen molar-refractivity contribution in [1.29, 1.82) is 5.26 Å². The zero-order chi connectivity index (χ0) is 14.3. The lowest BCUT2D eigenvalue weighted by atomic mass is 9.85. The van der Waals surface area contributed by atoms with Crippen molar-refractivity contribution in [3.63, 3.8) is 0 Å². The van der Waals surface area contributed by atoms with Gasteiger partial charge in [0.1, 0.15) is 17.4 Å². The van der Waals surface area contributed by atoms with Crippen LogP contribution in [0.4, 0.5) is 10.1 Å². The molecule has 2 heterocycles. The van der Waals surface area contributed by atoms with Crippen LogP contribution in [-0.4, -0.2) is 23.4 Å². The van der Waals surface area contributed by atoms with Gasteiger partial charge in [0, 0.05) is 19.0 Å². The van der Waals surface area contributed by atoms with Gasteiger partial charge in [-0.15, -0.1) is 0 Å². The summed E-state index contributed by atoms with van der Waals surface area (Å²) in [5, 5.41) is 8.84. The van der Waals surface area contributed by atoms with Crippen molar-refractivity contribution in [2.75, 3.05) is 12.3 Å². The summed E-state index contributed by atoms with van der Waals surface area (Å²) in [5.41, 5.74) is 6.71. The van der Waals surface area contributed by atoms with Crippen molar-refractivity contribution in [3.05, 3.63) is 29.1 Å². The van der Waals surface area contributed by atoms with Crippen LogP contribution in [-0.2, 0) is 4.79 Å². The Bertz CT molecular complexity index is 585. The molecule has 0 aliphatic carbocycles. The third kappa shape index (κ3) is 2.01. The van der Waals surface area contributed by atoms with E-state index in [-0.39, 0.29) is 29.1 Å². The second-order valence-electron chi connectivity index (χ2n) is 5.58. The average Bonchev–Trinajstić information content (AvgIpc) is 2.79. The van der Waals surface area contributed by atoms with Gasteiger partial charge in [-0.1, -0.05) is 0 Å².